The van der Waals surface area contributed by atoms with Crippen molar-refractivity contribution in [1.82, 2.24) is 4.90 Å². The van der Waals surface area contributed by atoms with Crippen LogP contribution in [0.25, 0.3) is 6.08 Å². The Hall–Kier alpha value is -2.45. The molecule has 0 spiro atoms. The molecule has 1 aromatic rings. The van der Waals surface area contributed by atoms with Crippen LogP contribution in [0.2, 0.25) is 0 Å². The van der Waals surface area contributed by atoms with Crippen LogP contribution in [0.15, 0.2) is 22.8 Å². The van der Waals surface area contributed by atoms with E-state index in [9.17, 15) is 26.7 Å². The summed E-state index contributed by atoms with van der Waals surface area (Å²) in [6, 6.07) is 1.33. The highest BCUT2D eigenvalue weighted by atomic mass is 19.4. The number of hydrogen-bond acceptors (Lipinski definition) is 3. The van der Waals surface area contributed by atoms with Gasteiger partial charge in [0.05, 0.1) is 0 Å². The molecule has 0 atom stereocenters. The van der Waals surface area contributed by atoms with Gasteiger partial charge in [0.1, 0.15) is 5.70 Å². The third kappa shape index (κ3) is 2.71. The summed E-state index contributed by atoms with van der Waals surface area (Å²) in [5.41, 5.74) is -0.860. The van der Waals surface area contributed by atoms with Crippen LogP contribution in [0.1, 0.15) is 5.56 Å². The van der Waals surface area contributed by atoms with Crippen molar-refractivity contribution in [3.8, 4) is 5.75 Å². The fraction of sp³-hybridized carbons (Fsp3) is 0.167. The molecule has 2 rings (SSSR count). The number of carbonyl (C=O) groups is 1. The Morgan fingerprint density at radius 1 is 1.24 bits per heavy atom. The van der Waals surface area contributed by atoms with E-state index < -0.39 is 41.0 Å². The number of aliphatic imine (C=N–C) groups is 1. The van der Waals surface area contributed by atoms with Gasteiger partial charge in [-0.25, -0.2) is 13.8 Å². The first-order valence-corrected chi connectivity index (χ1v) is 5.45. The Kier molecular flexibility index (Phi) is 3.44. The van der Waals surface area contributed by atoms with E-state index in [0.717, 1.165) is 13.1 Å². The summed E-state index contributed by atoms with van der Waals surface area (Å²) < 4.78 is 64.0. The predicted octanol–water partition coefficient (Wildman–Crippen LogP) is 2.44. The Morgan fingerprint density at radius 2 is 1.76 bits per heavy atom. The zero-order chi connectivity index (χ0) is 15.9. The second-order valence-corrected chi connectivity index (χ2v) is 4.16. The van der Waals surface area contributed by atoms with E-state index in [1.807, 2.05) is 0 Å². The molecule has 1 N–H and O–H groups in total. The minimum absolute atomic E-state index is 0.244. The number of alkyl halides is 3. The quantitative estimate of drug-likeness (QED) is 0.640. The highest BCUT2D eigenvalue weighted by molar-refractivity contribution is 6.15. The number of rotatable bonds is 1. The van der Waals surface area contributed by atoms with Gasteiger partial charge >= 0.3 is 6.18 Å². The maximum absolute atomic E-state index is 13.1. The molecule has 1 amide bonds. The van der Waals surface area contributed by atoms with Crippen molar-refractivity contribution in [3.05, 3.63) is 35.0 Å². The van der Waals surface area contributed by atoms with E-state index in [4.69, 9.17) is 5.11 Å². The molecule has 0 aliphatic carbocycles. The van der Waals surface area contributed by atoms with Gasteiger partial charge in [0, 0.05) is 7.05 Å². The van der Waals surface area contributed by atoms with Crippen molar-refractivity contribution >= 4 is 17.8 Å². The maximum Gasteiger partial charge on any atom is 0.449 e. The van der Waals surface area contributed by atoms with Gasteiger partial charge in [0.25, 0.3) is 5.91 Å². The van der Waals surface area contributed by atoms with Gasteiger partial charge in [0.15, 0.2) is 17.4 Å². The lowest BCUT2D eigenvalue weighted by Gasteiger charge is -2.13. The first-order valence-electron chi connectivity index (χ1n) is 5.45. The topological polar surface area (TPSA) is 52.9 Å². The van der Waals surface area contributed by atoms with Crippen LogP contribution < -0.4 is 0 Å². The summed E-state index contributed by atoms with van der Waals surface area (Å²) in [4.78, 5) is 15.0. The average molecular weight is 306 g/mol. The van der Waals surface area contributed by atoms with Crippen molar-refractivity contribution in [1.29, 1.82) is 0 Å². The highest BCUT2D eigenvalue weighted by Gasteiger charge is 2.45. The fourth-order valence-corrected chi connectivity index (χ4v) is 1.68. The molecule has 0 saturated heterocycles. The van der Waals surface area contributed by atoms with Gasteiger partial charge in [-0.3, -0.25) is 9.69 Å². The number of likely N-dealkylation sites (N-methyl/N-ethyl adjacent to an activating group) is 1. The molecule has 0 radical (unpaired) electrons. The van der Waals surface area contributed by atoms with Gasteiger partial charge in [0.2, 0.25) is 5.84 Å². The molecule has 1 heterocycles. The van der Waals surface area contributed by atoms with Crippen molar-refractivity contribution in [2.45, 2.75) is 6.18 Å². The molecule has 1 aliphatic heterocycles. The molecule has 9 heteroatoms. The lowest BCUT2D eigenvalue weighted by molar-refractivity contribution is -0.124. The SMILES string of the molecule is CN1C(=O)/C(=C\c2cc(F)c(O)c(F)c2)N=C1C(F)(F)F. The van der Waals surface area contributed by atoms with Crippen LogP contribution in [0, 0.1) is 11.6 Å². The zero-order valence-corrected chi connectivity index (χ0v) is 10.4. The number of phenols is 1. The van der Waals surface area contributed by atoms with Crippen LogP contribution in [-0.2, 0) is 4.79 Å². The second kappa shape index (κ2) is 4.83. The summed E-state index contributed by atoms with van der Waals surface area (Å²) in [6.45, 7) is 0. The Balaban J connectivity index is 2.47. The van der Waals surface area contributed by atoms with E-state index >= 15 is 0 Å². The Morgan fingerprint density at radius 3 is 2.19 bits per heavy atom. The predicted molar refractivity (Wildman–Crippen MR) is 62.3 cm³/mol. The largest absolute Gasteiger partial charge is 0.503 e. The molecular formula is C12H7F5N2O2. The maximum atomic E-state index is 13.1. The number of nitrogens with zero attached hydrogens (tertiary/aromatic N) is 2. The van der Waals surface area contributed by atoms with Gasteiger partial charge in [-0.05, 0) is 23.8 Å². The van der Waals surface area contributed by atoms with Crippen LogP contribution >= 0.6 is 0 Å². The molecule has 112 valence electrons. The third-order valence-electron chi connectivity index (χ3n) is 2.66. The molecule has 0 fully saturated rings. The summed E-state index contributed by atoms with van der Waals surface area (Å²) in [7, 11) is 0.882. The number of benzene rings is 1. The van der Waals surface area contributed by atoms with E-state index in [1.165, 1.54) is 0 Å². The zero-order valence-electron chi connectivity index (χ0n) is 10.4. The van der Waals surface area contributed by atoms with Crippen molar-refractivity contribution < 1.29 is 31.9 Å². The molecule has 1 aliphatic rings. The van der Waals surface area contributed by atoms with Crippen LogP contribution in [-0.4, -0.2) is 35.0 Å². The van der Waals surface area contributed by atoms with Gasteiger partial charge in [-0.1, -0.05) is 0 Å². The van der Waals surface area contributed by atoms with Crippen LogP contribution in [0.4, 0.5) is 22.0 Å². The Bertz CT molecular complexity index is 656. The molecule has 4 nitrogen and oxygen atoms in total. The molecular weight excluding hydrogens is 299 g/mol. The minimum Gasteiger partial charge on any atom is -0.503 e. The summed E-state index contributed by atoms with van der Waals surface area (Å²) in [5, 5.41) is 8.91. The molecule has 0 bridgehead atoms. The van der Waals surface area contributed by atoms with E-state index in [1.54, 1.807) is 0 Å². The van der Waals surface area contributed by atoms with Crippen LogP contribution in [0.3, 0.4) is 0 Å². The minimum atomic E-state index is -4.83. The van der Waals surface area contributed by atoms with E-state index in [2.05, 4.69) is 4.99 Å². The third-order valence-corrected chi connectivity index (χ3v) is 2.66. The fourth-order valence-electron chi connectivity index (χ4n) is 1.68. The summed E-state index contributed by atoms with van der Waals surface area (Å²) in [6.07, 6.45) is -4.03. The number of phenolic OH excluding ortho intramolecular Hbond substituents is 1. The number of amides is 1. The number of carbonyl (C=O) groups excluding carboxylic acids is 1. The second-order valence-electron chi connectivity index (χ2n) is 4.16. The molecule has 0 aromatic heterocycles. The highest BCUT2D eigenvalue weighted by Crippen LogP contribution is 2.28. The van der Waals surface area contributed by atoms with E-state index in [0.29, 0.717) is 17.0 Å². The number of aromatic hydroxyl groups is 1. The standard InChI is InChI=1S/C12H7F5N2O2/c1-19-10(21)8(18-11(19)12(15,16)17)4-5-2-6(13)9(20)7(14)3-5/h2-4,20H,1H3/b8-4+. The summed E-state index contributed by atoms with van der Waals surface area (Å²) >= 11 is 0. The molecule has 21 heavy (non-hydrogen) atoms. The monoisotopic (exact) mass is 306 g/mol. The number of halogens is 5. The van der Waals surface area contributed by atoms with Crippen molar-refractivity contribution in [2.75, 3.05) is 7.05 Å². The number of hydrogen-bond donors (Lipinski definition) is 1. The van der Waals surface area contributed by atoms with Gasteiger partial charge in [-0.2, -0.15) is 13.2 Å². The van der Waals surface area contributed by atoms with Crippen LogP contribution in [0.5, 0.6) is 5.75 Å². The first kappa shape index (κ1) is 14.9. The van der Waals surface area contributed by atoms with Gasteiger partial charge in [-0.15, -0.1) is 0 Å². The smallest absolute Gasteiger partial charge is 0.449 e. The number of amidine groups is 1. The first-order chi connectivity index (χ1) is 9.61. The normalized spacial score (nSPS) is 17.6. The van der Waals surface area contributed by atoms with Crippen molar-refractivity contribution in [2.24, 2.45) is 4.99 Å². The summed E-state index contributed by atoms with van der Waals surface area (Å²) in [5.74, 6) is -6.30. The molecule has 1 aromatic carbocycles. The molecule has 0 saturated carbocycles. The van der Waals surface area contributed by atoms with Crippen molar-refractivity contribution in [3.63, 3.8) is 0 Å². The lowest BCUT2D eigenvalue weighted by atomic mass is 10.1. The Labute approximate surface area is 114 Å². The van der Waals surface area contributed by atoms with E-state index in [-0.39, 0.29) is 5.56 Å². The molecule has 0 unspecified atom stereocenters. The lowest BCUT2D eigenvalue weighted by Crippen LogP contribution is -2.37. The van der Waals surface area contributed by atoms with Gasteiger partial charge < -0.3 is 5.11 Å². The average Bonchev–Trinajstić information content (AvgIpc) is 2.64.